The highest BCUT2D eigenvalue weighted by molar-refractivity contribution is 5.31. The Morgan fingerprint density at radius 2 is 1.85 bits per heavy atom. The summed E-state index contributed by atoms with van der Waals surface area (Å²) in [6.45, 7) is 5.62. The molecule has 0 saturated carbocycles. The third-order valence-electron chi connectivity index (χ3n) is 4.81. The first-order chi connectivity index (χ1) is 12.8. The van der Waals surface area contributed by atoms with Crippen molar-refractivity contribution in [3.63, 3.8) is 0 Å². The van der Waals surface area contributed by atoms with Gasteiger partial charge in [0, 0.05) is 38.5 Å². The van der Waals surface area contributed by atoms with Crippen molar-refractivity contribution in [1.29, 1.82) is 0 Å². The van der Waals surface area contributed by atoms with Gasteiger partial charge >= 0.3 is 0 Å². The van der Waals surface area contributed by atoms with Gasteiger partial charge < -0.3 is 4.90 Å². The van der Waals surface area contributed by atoms with Crippen LogP contribution in [-0.4, -0.2) is 45.5 Å². The van der Waals surface area contributed by atoms with Gasteiger partial charge in [-0.1, -0.05) is 17.4 Å². The molecule has 0 atom stereocenters. The molecule has 2 heterocycles. The van der Waals surface area contributed by atoms with Crippen molar-refractivity contribution in [1.82, 2.24) is 19.9 Å². The maximum Gasteiger partial charge on any atom is 0.250 e. The molecular formula is C19H22F4N4. The van der Waals surface area contributed by atoms with Crippen LogP contribution < -0.4 is 0 Å². The Morgan fingerprint density at radius 3 is 2.56 bits per heavy atom. The topological polar surface area (TPSA) is 34.0 Å². The number of hydrogen-bond acceptors (Lipinski definition) is 3. The average Bonchev–Trinajstić information content (AvgIpc) is 3.10. The Bertz CT molecular complexity index is 793. The smallest absolute Gasteiger partial charge is 0.250 e. The maximum atomic E-state index is 13.3. The van der Waals surface area contributed by atoms with Gasteiger partial charge in [0.05, 0.1) is 17.6 Å². The molecule has 0 bridgehead atoms. The number of aromatic nitrogens is 3. The SMILES string of the molecule is C=C(CCc1cn(-c2ccc(F)c(F)c2)nn1)CCN1CCC(F)(F)CC1. The zero-order valence-electron chi connectivity index (χ0n) is 15.0. The largest absolute Gasteiger partial charge is 0.303 e. The number of halogens is 4. The highest BCUT2D eigenvalue weighted by Gasteiger charge is 2.33. The molecular weight excluding hydrogens is 360 g/mol. The molecule has 1 fully saturated rings. The number of piperidine rings is 1. The second kappa shape index (κ2) is 8.21. The third kappa shape index (κ3) is 5.38. The van der Waals surface area contributed by atoms with E-state index in [1.807, 2.05) is 4.90 Å². The molecule has 8 heteroatoms. The van der Waals surface area contributed by atoms with Gasteiger partial charge in [-0.3, -0.25) is 0 Å². The predicted molar refractivity (Wildman–Crippen MR) is 94.0 cm³/mol. The molecule has 1 aromatic heterocycles. The lowest BCUT2D eigenvalue weighted by atomic mass is 10.0. The van der Waals surface area contributed by atoms with Crippen LogP contribution >= 0.6 is 0 Å². The first-order valence-electron chi connectivity index (χ1n) is 8.96. The van der Waals surface area contributed by atoms with Crippen LogP contribution in [0.1, 0.15) is 31.4 Å². The minimum Gasteiger partial charge on any atom is -0.303 e. The first kappa shape index (κ1) is 19.5. The number of nitrogens with zero attached hydrogens (tertiary/aromatic N) is 4. The van der Waals surface area contributed by atoms with E-state index in [2.05, 4.69) is 16.9 Å². The van der Waals surface area contributed by atoms with Gasteiger partial charge in [-0.25, -0.2) is 22.2 Å². The quantitative estimate of drug-likeness (QED) is 0.533. The van der Waals surface area contributed by atoms with E-state index in [1.54, 1.807) is 6.20 Å². The molecule has 0 aliphatic carbocycles. The summed E-state index contributed by atoms with van der Waals surface area (Å²) in [7, 11) is 0. The molecule has 1 saturated heterocycles. The van der Waals surface area contributed by atoms with Gasteiger partial charge in [-0.2, -0.15) is 0 Å². The Kier molecular flexibility index (Phi) is 5.94. The van der Waals surface area contributed by atoms with Gasteiger partial charge in [-0.05, 0) is 31.4 Å². The fraction of sp³-hybridized carbons (Fsp3) is 0.474. The fourth-order valence-electron chi connectivity index (χ4n) is 3.02. The molecule has 1 aliphatic heterocycles. The van der Waals surface area contributed by atoms with Crippen LogP contribution in [0.5, 0.6) is 0 Å². The second-order valence-corrected chi connectivity index (χ2v) is 6.95. The molecule has 2 aromatic rings. The van der Waals surface area contributed by atoms with Crippen LogP contribution in [-0.2, 0) is 6.42 Å². The molecule has 1 aliphatic rings. The van der Waals surface area contributed by atoms with Gasteiger partial charge in [0.25, 0.3) is 5.92 Å². The predicted octanol–water partition coefficient (Wildman–Crippen LogP) is 4.16. The molecule has 146 valence electrons. The molecule has 0 spiro atoms. The van der Waals surface area contributed by atoms with Crippen molar-refractivity contribution >= 4 is 0 Å². The average molecular weight is 382 g/mol. The van der Waals surface area contributed by atoms with Crippen LogP contribution in [0.25, 0.3) is 5.69 Å². The number of alkyl halides is 2. The van der Waals surface area contributed by atoms with E-state index < -0.39 is 17.6 Å². The first-order valence-corrected chi connectivity index (χ1v) is 8.96. The zero-order chi connectivity index (χ0) is 19.4. The van der Waals surface area contributed by atoms with E-state index in [1.165, 1.54) is 10.7 Å². The fourth-order valence-corrected chi connectivity index (χ4v) is 3.02. The van der Waals surface area contributed by atoms with Gasteiger partial charge in [0.2, 0.25) is 0 Å². The lowest BCUT2D eigenvalue weighted by Gasteiger charge is -2.31. The van der Waals surface area contributed by atoms with Crippen LogP contribution in [0.2, 0.25) is 0 Å². The van der Waals surface area contributed by atoms with Crippen LogP contribution in [0.4, 0.5) is 17.6 Å². The summed E-state index contributed by atoms with van der Waals surface area (Å²) in [6.07, 6.45) is 3.61. The number of rotatable bonds is 7. The summed E-state index contributed by atoms with van der Waals surface area (Å²) in [6, 6.07) is 3.54. The van der Waals surface area contributed by atoms with Crippen LogP contribution in [0.3, 0.4) is 0 Å². The number of benzene rings is 1. The van der Waals surface area contributed by atoms with Crippen molar-refractivity contribution in [3.8, 4) is 5.69 Å². The van der Waals surface area contributed by atoms with Gasteiger partial charge in [0.15, 0.2) is 11.6 Å². The molecule has 0 amide bonds. The number of likely N-dealkylation sites (tertiary alicyclic amines) is 1. The van der Waals surface area contributed by atoms with Crippen molar-refractivity contribution in [2.24, 2.45) is 0 Å². The summed E-state index contributed by atoms with van der Waals surface area (Å²) in [5.41, 5.74) is 2.14. The Balaban J connectivity index is 1.44. The minimum absolute atomic E-state index is 0.0768. The summed E-state index contributed by atoms with van der Waals surface area (Å²) in [5, 5.41) is 7.98. The Hall–Kier alpha value is -2.22. The van der Waals surface area contributed by atoms with E-state index in [4.69, 9.17) is 0 Å². The summed E-state index contributed by atoms with van der Waals surface area (Å²) >= 11 is 0. The highest BCUT2D eigenvalue weighted by atomic mass is 19.3. The normalized spacial score (nSPS) is 17.2. The van der Waals surface area contributed by atoms with E-state index in [-0.39, 0.29) is 12.8 Å². The molecule has 0 unspecified atom stereocenters. The van der Waals surface area contributed by atoms with E-state index in [0.717, 1.165) is 36.4 Å². The summed E-state index contributed by atoms with van der Waals surface area (Å²) < 4.78 is 54.0. The minimum atomic E-state index is -2.52. The van der Waals surface area contributed by atoms with E-state index in [9.17, 15) is 17.6 Å². The van der Waals surface area contributed by atoms with Gasteiger partial charge in [-0.15, -0.1) is 5.10 Å². The molecule has 1 aromatic carbocycles. The van der Waals surface area contributed by atoms with E-state index >= 15 is 0 Å². The maximum absolute atomic E-state index is 13.3. The standard InChI is InChI=1S/C19H22F4N4/c1-14(6-9-26-10-7-19(22,23)8-11-26)2-3-15-13-27(25-24-15)16-4-5-17(20)18(21)12-16/h4-5,12-13H,1-3,6-11H2. The van der Waals surface area contributed by atoms with Crippen molar-refractivity contribution < 1.29 is 17.6 Å². The van der Waals surface area contributed by atoms with Crippen molar-refractivity contribution in [2.45, 2.75) is 38.0 Å². The second-order valence-electron chi connectivity index (χ2n) is 6.95. The summed E-state index contributed by atoms with van der Waals surface area (Å²) in [4.78, 5) is 2.04. The van der Waals surface area contributed by atoms with Gasteiger partial charge in [0.1, 0.15) is 0 Å². The molecule has 4 nitrogen and oxygen atoms in total. The molecule has 0 N–H and O–H groups in total. The lowest BCUT2D eigenvalue weighted by molar-refractivity contribution is -0.0548. The molecule has 0 radical (unpaired) electrons. The zero-order valence-corrected chi connectivity index (χ0v) is 15.0. The molecule has 27 heavy (non-hydrogen) atoms. The monoisotopic (exact) mass is 382 g/mol. The third-order valence-corrected chi connectivity index (χ3v) is 4.81. The lowest BCUT2D eigenvalue weighted by Crippen LogP contribution is -2.39. The Labute approximate surface area is 155 Å². The van der Waals surface area contributed by atoms with Crippen LogP contribution in [0.15, 0.2) is 36.5 Å². The molecule has 3 rings (SSSR count). The summed E-state index contributed by atoms with van der Waals surface area (Å²) in [5.74, 6) is -4.37. The van der Waals surface area contributed by atoms with E-state index in [0.29, 0.717) is 31.6 Å². The Morgan fingerprint density at radius 1 is 1.11 bits per heavy atom. The van der Waals surface area contributed by atoms with Crippen LogP contribution in [0, 0.1) is 11.6 Å². The van der Waals surface area contributed by atoms with Crippen molar-refractivity contribution in [3.05, 3.63) is 53.9 Å². The number of hydrogen-bond donors (Lipinski definition) is 0. The highest BCUT2D eigenvalue weighted by Crippen LogP contribution is 2.27. The van der Waals surface area contributed by atoms with Crippen molar-refractivity contribution in [2.75, 3.05) is 19.6 Å². The number of aryl methyl sites for hydroxylation is 1.